The molecule has 0 spiro atoms. The van der Waals surface area contributed by atoms with Crippen LogP contribution in [0.5, 0.6) is 0 Å². The van der Waals surface area contributed by atoms with Gasteiger partial charge in [0.15, 0.2) is 5.78 Å². The zero-order chi connectivity index (χ0) is 17.5. The summed E-state index contributed by atoms with van der Waals surface area (Å²) in [6.45, 7) is 3.49. The number of pyridine rings is 1. The van der Waals surface area contributed by atoms with Crippen LogP contribution in [-0.4, -0.2) is 28.8 Å². The first-order valence-corrected chi connectivity index (χ1v) is 7.96. The Morgan fingerprint density at radius 3 is 2.21 bits per heavy atom. The average Bonchev–Trinajstić information content (AvgIpc) is 2.56. The fourth-order valence-corrected chi connectivity index (χ4v) is 2.40. The van der Waals surface area contributed by atoms with Gasteiger partial charge in [0.2, 0.25) is 5.91 Å². The molecule has 0 unspecified atom stereocenters. The molecule has 1 amide bonds. The minimum absolute atomic E-state index is 0.0833. The maximum atomic E-state index is 12.3. The molecular formula is C19H23N3O2. The number of rotatable bonds is 7. The van der Waals surface area contributed by atoms with Crippen molar-refractivity contribution in [2.75, 3.05) is 0 Å². The third-order valence-corrected chi connectivity index (χ3v) is 3.91. The first-order chi connectivity index (χ1) is 11.5. The van der Waals surface area contributed by atoms with E-state index in [2.05, 4.69) is 10.3 Å². The highest BCUT2D eigenvalue weighted by Gasteiger charge is 2.21. The van der Waals surface area contributed by atoms with Crippen LogP contribution in [-0.2, 0) is 22.4 Å². The molecule has 126 valence electrons. The van der Waals surface area contributed by atoms with Gasteiger partial charge in [-0.2, -0.15) is 0 Å². The van der Waals surface area contributed by atoms with Crippen LogP contribution in [0, 0.1) is 6.92 Å². The molecule has 2 aromatic rings. The summed E-state index contributed by atoms with van der Waals surface area (Å²) in [4.78, 5) is 28.1. The van der Waals surface area contributed by atoms with E-state index in [9.17, 15) is 9.59 Å². The predicted molar refractivity (Wildman–Crippen MR) is 93.4 cm³/mol. The van der Waals surface area contributed by atoms with E-state index in [-0.39, 0.29) is 11.7 Å². The van der Waals surface area contributed by atoms with Gasteiger partial charge in [-0.15, -0.1) is 0 Å². The average molecular weight is 325 g/mol. The number of aromatic nitrogens is 1. The molecule has 1 heterocycles. The van der Waals surface area contributed by atoms with Crippen molar-refractivity contribution in [2.24, 2.45) is 5.73 Å². The van der Waals surface area contributed by atoms with Gasteiger partial charge in [0.05, 0.1) is 12.1 Å². The van der Waals surface area contributed by atoms with E-state index in [0.29, 0.717) is 12.8 Å². The molecule has 1 aromatic carbocycles. The SMILES string of the molecule is CC(=O)[C@H](Cc1ccc(C)cc1)NC(=O)[C@@H](N)Cc1ccncc1. The maximum absolute atomic E-state index is 12.3. The number of nitrogens with zero attached hydrogens (tertiary/aromatic N) is 1. The molecule has 0 bridgehead atoms. The van der Waals surface area contributed by atoms with Crippen LogP contribution in [0.4, 0.5) is 0 Å². The highest BCUT2D eigenvalue weighted by molar-refractivity contribution is 5.89. The Morgan fingerprint density at radius 1 is 1.04 bits per heavy atom. The lowest BCUT2D eigenvalue weighted by Gasteiger charge is -2.19. The normalized spacial score (nSPS) is 13.1. The number of benzene rings is 1. The number of carbonyl (C=O) groups excluding carboxylic acids is 2. The van der Waals surface area contributed by atoms with Crippen molar-refractivity contribution < 1.29 is 9.59 Å². The van der Waals surface area contributed by atoms with Crippen molar-refractivity contribution in [1.82, 2.24) is 10.3 Å². The number of hydrogen-bond acceptors (Lipinski definition) is 4. The summed E-state index contributed by atoms with van der Waals surface area (Å²) in [5.74, 6) is -0.404. The molecule has 24 heavy (non-hydrogen) atoms. The van der Waals surface area contributed by atoms with Gasteiger partial charge in [0, 0.05) is 12.4 Å². The molecule has 0 aliphatic carbocycles. The van der Waals surface area contributed by atoms with E-state index in [1.54, 1.807) is 12.4 Å². The predicted octanol–water partition coefficient (Wildman–Crippen LogP) is 1.58. The Kier molecular flexibility index (Phi) is 6.21. The Hall–Kier alpha value is -2.53. The smallest absolute Gasteiger partial charge is 0.237 e. The first-order valence-electron chi connectivity index (χ1n) is 7.96. The number of nitrogens with two attached hydrogens (primary N) is 1. The molecule has 0 aliphatic rings. The van der Waals surface area contributed by atoms with E-state index >= 15 is 0 Å². The fraction of sp³-hybridized carbons (Fsp3) is 0.316. The number of nitrogens with one attached hydrogen (secondary N) is 1. The van der Waals surface area contributed by atoms with Gasteiger partial charge in [-0.05, 0) is 49.9 Å². The monoisotopic (exact) mass is 325 g/mol. The van der Waals surface area contributed by atoms with Gasteiger partial charge in [0.25, 0.3) is 0 Å². The second kappa shape index (κ2) is 8.36. The van der Waals surface area contributed by atoms with Gasteiger partial charge < -0.3 is 11.1 Å². The third-order valence-electron chi connectivity index (χ3n) is 3.91. The standard InChI is InChI=1S/C19H23N3O2/c1-13-3-5-15(6-4-13)12-18(14(2)23)22-19(24)17(20)11-16-7-9-21-10-8-16/h3-10,17-18H,11-12,20H2,1-2H3,(H,22,24)/t17-,18-/m0/s1. The van der Waals surface area contributed by atoms with Crippen LogP contribution in [0.3, 0.4) is 0 Å². The number of ketones is 1. The molecule has 5 nitrogen and oxygen atoms in total. The van der Waals surface area contributed by atoms with E-state index in [1.165, 1.54) is 6.92 Å². The Bertz CT molecular complexity index is 684. The number of carbonyl (C=O) groups is 2. The molecule has 5 heteroatoms. The number of amides is 1. The van der Waals surface area contributed by atoms with Crippen LogP contribution in [0.15, 0.2) is 48.8 Å². The Morgan fingerprint density at radius 2 is 1.62 bits per heavy atom. The summed E-state index contributed by atoms with van der Waals surface area (Å²) in [5.41, 5.74) is 9.06. The quantitative estimate of drug-likeness (QED) is 0.809. The third kappa shape index (κ3) is 5.28. The molecule has 0 fully saturated rings. The van der Waals surface area contributed by atoms with Crippen molar-refractivity contribution >= 4 is 11.7 Å². The summed E-state index contributed by atoms with van der Waals surface area (Å²) in [6, 6.07) is 10.3. The van der Waals surface area contributed by atoms with Gasteiger partial charge in [-0.25, -0.2) is 0 Å². The molecule has 0 saturated carbocycles. The fourth-order valence-electron chi connectivity index (χ4n) is 2.40. The zero-order valence-corrected chi connectivity index (χ0v) is 14.0. The first kappa shape index (κ1) is 17.8. The van der Waals surface area contributed by atoms with Crippen LogP contribution in [0.1, 0.15) is 23.6 Å². The van der Waals surface area contributed by atoms with Crippen LogP contribution in [0.2, 0.25) is 0 Å². The lowest BCUT2D eigenvalue weighted by Crippen LogP contribution is -2.49. The Labute approximate surface area is 142 Å². The summed E-state index contributed by atoms with van der Waals surface area (Å²) < 4.78 is 0. The van der Waals surface area contributed by atoms with Gasteiger partial charge >= 0.3 is 0 Å². The molecule has 0 radical (unpaired) electrons. The van der Waals surface area contributed by atoms with Crippen LogP contribution in [0.25, 0.3) is 0 Å². The van der Waals surface area contributed by atoms with E-state index in [1.807, 2.05) is 43.3 Å². The highest BCUT2D eigenvalue weighted by atomic mass is 16.2. The zero-order valence-electron chi connectivity index (χ0n) is 14.0. The van der Waals surface area contributed by atoms with Crippen molar-refractivity contribution in [3.05, 3.63) is 65.5 Å². The molecule has 0 saturated heterocycles. The van der Waals surface area contributed by atoms with E-state index < -0.39 is 12.1 Å². The van der Waals surface area contributed by atoms with Crippen LogP contribution < -0.4 is 11.1 Å². The highest BCUT2D eigenvalue weighted by Crippen LogP contribution is 2.08. The van der Waals surface area contributed by atoms with Crippen molar-refractivity contribution in [3.63, 3.8) is 0 Å². The minimum atomic E-state index is -0.702. The molecular weight excluding hydrogens is 302 g/mol. The van der Waals surface area contributed by atoms with Gasteiger partial charge in [-0.3, -0.25) is 14.6 Å². The molecule has 0 aliphatic heterocycles. The second-order valence-electron chi connectivity index (χ2n) is 6.03. The number of Topliss-reactive ketones (excluding diaryl/α,β-unsaturated/α-hetero) is 1. The van der Waals surface area contributed by atoms with Gasteiger partial charge in [0.1, 0.15) is 0 Å². The Balaban J connectivity index is 1.97. The lowest BCUT2D eigenvalue weighted by molar-refractivity contribution is -0.127. The second-order valence-corrected chi connectivity index (χ2v) is 6.03. The van der Waals surface area contributed by atoms with Crippen molar-refractivity contribution in [1.29, 1.82) is 0 Å². The summed E-state index contributed by atoms with van der Waals surface area (Å²) in [6.07, 6.45) is 4.19. The van der Waals surface area contributed by atoms with Gasteiger partial charge in [-0.1, -0.05) is 29.8 Å². The molecule has 1 aromatic heterocycles. The lowest BCUT2D eigenvalue weighted by atomic mass is 10.0. The van der Waals surface area contributed by atoms with E-state index in [0.717, 1.165) is 16.7 Å². The molecule has 2 atom stereocenters. The van der Waals surface area contributed by atoms with E-state index in [4.69, 9.17) is 5.73 Å². The summed E-state index contributed by atoms with van der Waals surface area (Å²) >= 11 is 0. The van der Waals surface area contributed by atoms with Crippen molar-refractivity contribution in [3.8, 4) is 0 Å². The topological polar surface area (TPSA) is 85.1 Å². The minimum Gasteiger partial charge on any atom is -0.345 e. The van der Waals surface area contributed by atoms with Crippen LogP contribution >= 0.6 is 0 Å². The van der Waals surface area contributed by atoms with Crippen molar-refractivity contribution in [2.45, 2.75) is 38.8 Å². The molecule has 3 N–H and O–H groups in total. The maximum Gasteiger partial charge on any atom is 0.237 e. The molecule has 2 rings (SSSR count). The number of hydrogen-bond donors (Lipinski definition) is 2. The summed E-state index contributed by atoms with van der Waals surface area (Å²) in [7, 11) is 0. The largest absolute Gasteiger partial charge is 0.345 e. The summed E-state index contributed by atoms with van der Waals surface area (Å²) in [5, 5.41) is 2.77. The number of aryl methyl sites for hydroxylation is 1.